The molecule has 2 aliphatic heterocycles. The Morgan fingerprint density at radius 2 is 1.87 bits per heavy atom. The first-order chi connectivity index (χ1) is 14.7. The van der Waals surface area contributed by atoms with Crippen LogP contribution in [-0.2, 0) is 17.8 Å². The lowest BCUT2D eigenvalue weighted by Gasteiger charge is -2.30. The molecule has 2 aromatic carbocycles. The van der Waals surface area contributed by atoms with Gasteiger partial charge in [-0.3, -0.25) is 9.69 Å². The second kappa shape index (κ2) is 8.09. The number of furan rings is 1. The zero-order valence-electron chi connectivity index (χ0n) is 16.5. The maximum Gasteiger partial charge on any atom is 0.257 e. The number of nitrogens with zero attached hydrogens (tertiary/aromatic N) is 3. The minimum Gasteiger partial charge on any atom is -0.467 e. The summed E-state index contributed by atoms with van der Waals surface area (Å²) in [6.07, 6.45) is 3.22. The van der Waals surface area contributed by atoms with Gasteiger partial charge in [0.15, 0.2) is 0 Å². The van der Waals surface area contributed by atoms with Crippen LogP contribution in [0, 0.1) is 0 Å². The molecule has 3 aromatic rings. The second-order valence-corrected chi connectivity index (χ2v) is 8.19. The third-order valence-corrected chi connectivity index (χ3v) is 6.04. The number of hydrazone groups is 1. The lowest BCUT2D eigenvalue weighted by molar-refractivity contribution is -0.134. The highest BCUT2D eigenvalue weighted by molar-refractivity contribution is 6.30. The van der Waals surface area contributed by atoms with Gasteiger partial charge in [0.25, 0.3) is 5.91 Å². The Morgan fingerprint density at radius 3 is 2.63 bits per heavy atom. The van der Waals surface area contributed by atoms with Crippen molar-refractivity contribution in [2.75, 3.05) is 13.1 Å². The molecule has 0 N–H and O–H groups in total. The third-order valence-electron chi connectivity index (χ3n) is 5.78. The molecule has 0 bridgehead atoms. The van der Waals surface area contributed by atoms with Crippen molar-refractivity contribution in [2.24, 2.45) is 5.10 Å². The number of benzene rings is 2. The van der Waals surface area contributed by atoms with E-state index in [9.17, 15) is 4.79 Å². The SMILES string of the molecule is O=C(CN1CCc2ccccc2C1)N1N=C(c2ccc(Cl)cc2)CC1c1ccco1. The van der Waals surface area contributed by atoms with Gasteiger partial charge in [-0.05, 0) is 47.4 Å². The maximum absolute atomic E-state index is 13.3. The van der Waals surface area contributed by atoms with Crippen molar-refractivity contribution in [3.8, 4) is 0 Å². The van der Waals surface area contributed by atoms with E-state index in [4.69, 9.17) is 21.1 Å². The number of carbonyl (C=O) groups is 1. The van der Waals surface area contributed by atoms with Gasteiger partial charge in [0, 0.05) is 24.5 Å². The largest absolute Gasteiger partial charge is 0.467 e. The predicted octanol–water partition coefficient (Wildman–Crippen LogP) is 4.67. The monoisotopic (exact) mass is 419 g/mol. The van der Waals surface area contributed by atoms with Gasteiger partial charge < -0.3 is 4.42 Å². The van der Waals surface area contributed by atoms with Gasteiger partial charge in [0.1, 0.15) is 11.8 Å². The first-order valence-electron chi connectivity index (χ1n) is 10.2. The summed E-state index contributed by atoms with van der Waals surface area (Å²) in [6.45, 7) is 1.99. The Hall–Kier alpha value is -2.89. The first kappa shape index (κ1) is 19.1. The fraction of sp³-hybridized carbons (Fsp3) is 0.250. The fourth-order valence-electron chi connectivity index (χ4n) is 4.21. The number of amides is 1. The molecule has 5 nitrogen and oxygen atoms in total. The summed E-state index contributed by atoms with van der Waals surface area (Å²) >= 11 is 6.03. The molecule has 0 saturated heterocycles. The fourth-order valence-corrected chi connectivity index (χ4v) is 4.34. The van der Waals surface area contributed by atoms with Gasteiger partial charge in [-0.1, -0.05) is 48.0 Å². The quantitative estimate of drug-likeness (QED) is 0.617. The van der Waals surface area contributed by atoms with Crippen molar-refractivity contribution >= 4 is 23.2 Å². The molecule has 0 saturated carbocycles. The lowest BCUT2D eigenvalue weighted by atomic mass is 10.00. The van der Waals surface area contributed by atoms with E-state index in [1.54, 1.807) is 11.3 Å². The van der Waals surface area contributed by atoms with Gasteiger partial charge in [-0.25, -0.2) is 5.01 Å². The van der Waals surface area contributed by atoms with E-state index >= 15 is 0 Å². The summed E-state index contributed by atoms with van der Waals surface area (Å²) in [5.41, 5.74) is 4.51. The van der Waals surface area contributed by atoms with Crippen molar-refractivity contribution < 1.29 is 9.21 Å². The van der Waals surface area contributed by atoms with Crippen molar-refractivity contribution in [1.29, 1.82) is 0 Å². The predicted molar refractivity (Wildman–Crippen MR) is 116 cm³/mol. The molecule has 0 fully saturated rings. The molecule has 3 heterocycles. The zero-order chi connectivity index (χ0) is 20.5. The van der Waals surface area contributed by atoms with Crippen LogP contribution in [-0.4, -0.2) is 34.6 Å². The average molecular weight is 420 g/mol. The molecule has 2 aliphatic rings. The molecule has 6 heteroatoms. The topological polar surface area (TPSA) is 49.1 Å². The molecule has 0 radical (unpaired) electrons. The lowest BCUT2D eigenvalue weighted by Crippen LogP contribution is -2.40. The Labute approximate surface area is 180 Å². The summed E-state index contributed by atoms with van der Waals surface area (Å²) in [7, 11) is 0. The van der Waals surface area contributed by atoms with E-state index in [1.807, 2.05) is 36.4 Å². The Balaban J connectivity index is 1.37. The van der Waals surface area contributed by atoms with Crippen molar-refractivity contribution in [3.05, 3.63) is 94.4 Å². The van der Waals surface area contributed by atoms with Crippen LogP contribution in [0.4, 0.5) is 0 Å². The molecule has 5 rings (SSSR count). The zero-order valence-corrected chi connectivity index (χ0v) is 17.3. The maximum atomic E-state index is 13.3. The summed E-state index contributed by atoms with van der Waals surface area (Å²) in [5, 5.41) is 6.99. The minimum absolute atomic E-state index is 0.0141. The van der Waals surface area contributed by atoms with Crippen LogP contribution in [0.25, 0.3) is 0 Å². The number of hydrogen-bond acceptors (Lipinski definition) is 4. The third kappa shape index (κ3) is 3.78. The Morgan fingerprint density at radius 1 is 1.07 bits per heavy atom. The highest BCUT2D eigenvalue weighted by Crippen LogP contribution is 2.33. The highest BCUT2D eigenvalue weighted by atomic mass is 35.5. The van der Waals surface area contributed by atoms with Gasteiger partial charge in [-0.15, -0.1) is 0 Å². The molecular weight excluding hydrogens is 398 g/mol. The molecular formula is C24H22ClN3O2. The van der Waals surface area contributed by atoms with E-state index in [1.165, 1.54) is 11.1 Å². The average Bonchev–Trinajstić information content (AvgIpc) is 3.44. The molecule has 152 valence electrons. The number of halogens is 1. The Bertz CT molecular complexity index is 1080. The summed E-state index contributed by atoms with van der Waals surface area (Å²) in [5.74, 6) is 0.736. The number of rotatable bonds is 4. The minimum atomic E-state index is -0.227. The van der Waals surface area contributed by atoms with Crippen LogP contribution >= 0.6 is 11.6 Å². The van der Waals surface area contributed by atoms with Crippen molar-refractivity contribution in [2.45, 2.75) is 25.4 Å². The van der Waals surface area contributed by atoms with Crippen LogP contribution < -0.4 is 0 Å². The van der Waals surface area contributed by atoms with E-state index < -0.39 is 0 Å². The normalized spacial score (nSPS) is 18.9. The van der Waals surface area contributed by atoms with Crippen molar-refractivity contribution in [1.82, 2.24) is 9.91 Å². The van der Waals surface area contributed by atoms with Crippen LogP contribution in [0.15, 0.2) is 76.4 Å². The summed E-state index contributed by atoms with van der Waals surface area (Å²) in [6, 6.07) is 19.5. The summed E-state index contributed by atoms with van der Waals surface area (Å²) < 4.78 is 5.64. The van der Waals surface area contributed by atoms with E-state index in [0.29, 0.717) is 18.0 Å². The van der Waals surface area contributed by atoms with Crippen LogP contribution in [0.5, 0.6) is 0 Å². The molecule has 0 spiro atoms. The van der Waals surface area contributed by atoms with E-state index in [2.05, 4.69) is 29.2 Å². The number of carbonyl (C=O) groups excluding carboxylic acids is 1. The number of hydrogen-bond donors (Lipinski definition) is 0. The molecule has 1 amide bonds. The first-order valence-corrected chi connectivity index (χ1v) is 10.5. The van der Waals surface area contributed by atoms with Crippen LogP contribution in [0.2, 0.25) is 5.02 Å². The smallest absolute Gasteiger partial charge is 0.257 e. The van der Waals surface area contributed by atoms with E-state index in [-0.39, 0.29) is 11.9 Å². The molecule has 1 atom stereocenters. The van der Waals surface area contributed by atoms with E-state index in [0.717, 1.165) is 36.5 Å². The molecule has 0 aliphatic carbocycles. The number of fused-ring (bicyclic) bond motifs is 1. The van der Waals surface area contributed by atoms with Crippen LogP contribution in [0.1, 0.15) is 34.9 Å². The van der Waals surface area contributed by atoms with Crippen molar-refractivity contribution in [3.63, 3.8) is 0 Å². The van der Waals surface area contributed by atoms with Gasteiger partial charge in [-0.2, -0.15) is 5.10 Å². The Kier molecular flexibility index (Phi) is 5.15. The second-order valence-electron chi connectivity index (χ2n) is 7.76. The molecule has 1 unspecified atom stereocenters. The van der Waals surface area contributed by atoms with Gasteiger partial charge in [0.05, 0.1) is 18.5 Å². The van der Waals surface area contributed by atoms with Gasteiger partial charge >= 0.3 is 0 Å². The highest BCUT2D eigenvalue weighted by Gasteiger charge is 2.35. The van der Waals surface area contributed by atoms with Crippen LogP contribution in [0.3, 0.4) is 0 Å². The standard InChI is InChI=1S/C24H22ClN3O2/c25-20-9-7-18(8-10-20)21-14-22(23-6-3-13-30-23)28(26-21)24(29)16-27-12-11-17-4-1-2-5-19(17)15-27/h1-10,13,22H,11-12,14-16H2. The molecule has 30 heavy (non-hydrogen) atoms. The van der Waals surface area contributed by atoms with Gasteiger partial charge in [0.2, 0.25) is 0 Å². The summed E-state index contributed by atoms with van der Waals surface area (Å²) in [4.78, 5) is 15.5. The molecule has 1 aromatic heterocycles.